The summed E-state index contributed by atoms with van der Waals surface area (Å²) < 4.78 is 5.51. The van der Waals surface area contributed by atoms with Crippen molar-refractivity contribution in [1.82, 2.24) is 15.5 Å². The predicted octanol–water partition coefficient (Wildman–Crippen LogP) is 2.76. The molecule has 2 atom stereocenters. The van der Waals surface area contributed by atoms with Crippen molar-refractivity contribution >= 4 is 5.96 Å². The first-order valence-electron chi connectivity index (χ1n) is 10.5. The Morgan fingerprint density at radius 1 is 1.30 bits per heavy atom. The third-order valence-corrected chi connectivity index (χ3v) is 5.88. The Morgan fingerprint density at radius 3 is 2.78 bits per heavy atom. The molecule has 5 heteroatoms. The van der Waals surface area contributed by atoms with Crippen molar-refractivity contribution in [3.05, 3.63) is 35.4 Å². The lowest BCUT2D eigenvalue weighted by molar-refractivity contribution is 0.150. The molecule has 27 heavy (non-hydrogen) atoms. The molecule has 0 amide bonds. The molecule has 2 unspecified atom stereocenters. The molecule has 1 aromatic carbocycles. The number of ether oxygens (including phenoxy) is 1. The average molecular weight is 373 g/mol. The normalized spacial score (nSPS) is 23.4. The van der Waals surface area contributed by atoms with Gasteiger partial charge in [-0.15, -0.1) is 0 Å². The molecule has 0 saturated carbocycles. The van der Waals surface area contributed by atoms with Gasteiger partial charge in [-0.05, 0) is 43.6 Å². The second kappa shape index (κ2) is 10.1. The molecule has 2 heterocycles. The van der Waals surface area contributed by atoms with Crippen LogP contribution in [0.3, 0.4) is 0 Å². The van der Waals surface area contributed by atoms with Crippen LogP contribution in [0.1, 0.15) is 43.2 Å². The highest BCUT2D eigenvalue weighted by Gasteiger charge is 2.24. The summed E-state index contributed by atoms with van der Waals surface area (Å²) in [6.07, 6.45) is 3.59. The number of aliphatic imine (C=N–C) groups is 1. The largest absolute Gasteiger partial charge is 0.381 e. The summed E-state index contributed by atoms with van der Waals surface area (Å²) in [6.45, 7) is 10.8. The topological polar surface area (TPSA) is 48.9 Å². The number of guanidine groups is 1. The van der Waals surface area contributed by atoms with Gasteiger partial charge in [0.05, 0.1) is 6.61 Å². The van der Waals surface area contributed by atoms with Crippen LogP contribution < -0.4 is 10.6 Å². The Hall–Kier alpha value is -1.59. The predicted molar refractivity (Wildman–Crippen MR) is 112 cm³/mol. The molecule has 2 fully saturated rings. The minimum atomic E-state index is 0.457. The van der Waals surface area contributed by atoms with E-state index in [1.807, 2.05) is 7.05 Å². The maximum absolute atomic E-state index is 5.51. The van der Waals surface area contributed by atoms with Gasteiger partial charge >= 0.3 is 0 Å². The zero-order valence-corrected chi connectivity index (χ0v) is 17.2. The minimum absolute atomic E-state index is 0.457. The monoisotopic (exact) mass is 372 g/mol. The van der Waals surface area contributed by atoms with Gasteiger partial charge in [-0.3, -0.25) is 4.99 Å². The van der Waals surface area contributed by atoms with Gasteiger partial charge in [0, 0.05) is 45.9 Å². The molecule has 5 nitrogen and oxygen atoms in total. The van der Waals surface area contributed by atoms with Gasteiger partial charge < -0.3 is 20.3 Å². The number of likely N-dealkylation sites (tertiary alicyclic amines) is 1. The van der Waals surface area contributed by atoms with Crippen molar-refractivity contribution in [1.29, 1.82) is 0 Å². The number of aryl methyl sites for hydroxylation is 1. The van der Waals surface area contributed by atoms with E-state index >= 15 is 0 Å². The van der Waals surface area contributed by atoms with E-state index < -0.39 is 0 Å². The second-order valence-corrected chi connectivity index (χ2v) is 8.22. The van der Waals surface area contributed by atoms with E-state index in [9.17, 15) is 0 Å². The Bertz CT molecular complexity index is 604. The number of nitrogens with one attached hydrogen (secondary N) is 2. The maximum atomic E-state index is 5.51. The highest BCUT2D eigenvalue weighted by molar-refractivity contribution is 5.80. The maximum Gasteiger partial charge on any atom is 0.191 e. The molecule has 0 spiro atoms. The van der Waals surface area contributed by atoms with Gasteiger partial charge in [0.25, 0.3) is 0 Å². The van der Waals surface area contributed by atoms with Crippen LogP contribution in [0, 0.1) is 12.8 Å². The lowest BCUT2D eigenvalue weighted by Crippen LogP contribution is -2.49. The van der Waals surface area contributed by atoms with Crippen LogP contribution in [0.2, 0.25) is 0 Å². The molecule has 2 saturated heterocycles. The molecular formula is C22H36N4O. The van der Waals surface area contributed by atoms with E-state index in [4.69, 9.17) is 4.74 Å². The summed E-state index contributed by atoms with van der Waals surface area (Å²) in [5.74, 6) is 2.13. The third-order valence-electron chi connectivity index (χ3n) is 5.88. The van der Waals surface area contributed by atoms with Gasteiger partial charge in [-0.1, -0.05) is 36.8 Å². The number of rotatable bonds is 6. The first kappa shape index (κ1) is 20.2. The molecule has 0 bridgehead atoms. The zero-order valence-electron chi connectivity index (χ0n) is 17.2. The molecular weight excluding hydrogens is 336 g/mol. The number of hydrogen-bond donors (Lipinski definition) is 2. The van der Waals surface area contributed by atoms with Crippen molar-refractivity contribution in [2.75, 3.05) is 46.4 Å². The molecule has 0 aliphatic carbocycles. The van der Waals surface area contributed by atoms with Gasteiger partial charge in [0.2, 0.25) is 0 Å². The fraction of sp³-hybridized carbons (Fsp3) is 0.682. The van der Waals surface area contributed by atoms with Crippen LogP contribution in [-0.2, 0) is 4.74 Å². The van der Waals surface area contributed by atoms with Gasteiger partial charge in [0.1, 0.15) is 0 Å². The number of hydrogen-bond acceptors (Lipinski definition) is 3. The van der Waals surface area contributed by atoms with E-state index in [-0.39, 0.29) is 0 Å². The molecule has 0 radical (unpaired) electrons. The lowest BCUT2D eigenvalue weighted by Gasteiger charge is -2.34. The summed E-state index contributed by atoms with van der Waals surface area (Å²) in [7, 11) is 1.86. The smallest absolute Gasteiger partial charge is 0.191 e. The van der Waals surface area contributed by atoms with Crippen LogP contribution >= 0.6 is 0 Å². The van der Waals surface area contributed by atoms with E-state index in [0.717, 1.165) is 31.6 Å². The SMILES string of the molecule is CN=C(NCC(C)c1cccc(C)c1)NC1CCN(CC2CCOC2)CC1. The Labute approximate surface area is 164 Å². The Kier molecular flexibility index (Phi) is 7.53. The highest BCUT2D eigenvalue weighted by Crippen LogP contribution is 2.18. The summed E-state index contributed by atoms with van der Waals surface area (Å²) in [5.41, 5.74) is 2.69. The van der Waals surface area contributed by atoms with Crippen molar-refractivity contribution < 1.29 is 4.74 Å². The quantitative estimate of drug-likeness (QED) is 0.595. The summed E-state index contributed by atoms with van der Waals surface area (Å²) in [4.78, 5) is 7.04. The van der Waals surface area contributed by atoms with Crippen LogP contribution in [0.4, 0.5) is 0 Å². The van der Waals surface area contributed by atoms with Crippen molar-refractivity contribution in [2.45, 2.75) is 45.1 Å². The average Bonchev–Trinajstić information content (AvgIpc) is 3.19. The molecule has 0 aromatic heterocycles. The molecule has 2 aliphatic rings. The van der Waals surface area contributed by atoms with Crippen molar-refractivity contribution in [3.8, 4) is 0 Å². The summed E-state index contributed by atoms with van der Waals surface area (Å²) in [5, 5.41) is 7.14. The van der Waals surface area contributed by atoms with Crippen LogP contribution in [-0.4, -0.2) is 63.3 Å². The highest BCUT2D eigenvalue weighted by atomic mass is 16.5. The number of benzene rings is 1. The fourth-order valence-electron chi connectivity index (χ4n) is 4.08. The van der Waals surface area contributed by atoms with E-state index in [1.165, 1.54) is 50.0 Å². The lowest BCUT2D eigenvalue weighted by atomic mass is 9.99. The number of piperidine rings is 1. The van der Waals surface area contributed by atoms with Gasteiger partial charge in [0.15, 0.2) is 5.96 Å². The van der Waals surface area contributed by atoms with Crippen molar-refractivity contribution in [3.63, 3.8) is 0 Å². The molecule has 150 valence electrons. The third kappa shape index (κ3) is 6.22. The van der Waals surface area contributed by atoms with E-state index in [1.54, 1.807) is 0 Å². The van der Waals surface area contributed by atoms with E-state index in [2.05, 4.69) is 58.6 Å². The fourth-order valence-corrected chi connectivity index (χ4v) is 4.08. The van der Waals surface area contributed by atoms with Gasteiger partial charge in [-0.25, -0.2) is 0 Å². The first-order chi connectivity index (χ1) is 13.1. The first-order valence-corrected chi connectivity index (χ1v) is 10.5. The summed E-state index contributed by atoms with van der Waals surface area (Å²) in [6, 6.07) is 9.28. The zero-order chi connectivity index (χ0) is 19.1. The standard InChI is InChI=1S/C22H36N4O/c1-17-5-4-6-20(13-17)18(2)14-24-22(23-3)25-21-7-10-26(11-8-21)15-19-9-12-27-16-19/h4-6,13,18-19,21H,7-12,14-16H2,1-3H3,(H2,23,24,25). The molecule has 2 aliphatic heterocycles. The minimum Gasteiger partial charge on any atom is -0.381 e. The molecule has 2 N–H and O–H groups in total. The van der Waals surface area contributed by atoms with Crippen molar-refractivity contribution in [2.24, 2.45) is 10.9 Å². The van der Waals surface area contributed by atoms with E-state index in [0.29, 0.717) is 12.0 Å². The van der Waals surface area contributed by atoms with Crippen LogP contribution in [0.5, 0.6) is 0 Å². The molecule has 1 aromatic rings. The summed E-state index contributed by atoms with van der Waals surface area (Å²) >= 11 is 0. The van der Waals surface area contributed by atoms with Crippen LogP contribution in [0.25, 0.3) is 0 Å². The second-order valence-electron chi connectivity index (χ2n) is 8.22. The Balaban J connectivity index is 1.39. The molecule has 3 rings (SSSR count). The Morgan fingerprint density at radius 2 is 2.11 bits per heavy atom. The van der Waals surface area contributed by atoms with Crippen LogP contribution in [0.15, 0.2) is 29.3 Å². The van der Waals surface area contributed by atoms with Gasteiger partial charge in [-0.2, -0.15) is 0 Å². The number of nitrogens with zero attached hydrogens (tertiary/aromatic N) is 2.